The molecule has 0 aliphatic heterocycles. The van der Waals surface area contributed by atoms with Crippen molar-refractivity contribution in [2.24, 2.45) is 5.92 Å². The lowest BCUT2D eigenvalue weighted by atomic mass is 9.78. The molecule has 2 aromatic rings. The molecule has 0 unspecified atom stereocenters. The molecular formula is C17H20N4O2. The first-order valence-corrected chi connectivity index (χ1v) is 8.13. The van der Waals surface area contributed by atoms with E-state index < -0.39 is 0 Å². The molecular weight excluding hydrogens is 292 g/mol. The van der Waals surface area contributed by atoms with Crippen LogP contribution in [0.5, 0.6) is 0 Å². The minimum absolute atomic E-state index is 0.0772. The predicted octanol–water partition coefficient (Wildman–Crippen LogP) is 1.60. The molecule has 23 heavy (non-hydrogen) atoms. The molecule has 0 bridgehead atoms. The number of benzene rings is 1. The maximum Gasteiger partial charge on any atom is 0.260 e. The second kappa shape index (κ2) is 5.37. The summed E-state index contributed by atoms with van der Waals surface area (Å²) in [7, 11) is 0. The number of amides is 1. The average molecular weight is 312 g/mol. The van der Waals surface area contributed by atoms with Crippen LogP contribution in [0.2, 0.25) is 0 Å². The van der Waals surface area contributed by atoms with Crippen molar-refractivity contribution >= 4 is 11.9 Å². The van der Waals surface area contributed by atoms with E-state index in [2.05, 4.69) is 39.7 Å². The standard InChI is InChI=1S/C17H20N4O2/c18-16-20-14(23-21-16)7-9-19-15(22)13-10-17(13)8-3-5-11-4-1-2-6-12(11)17/h1-2,4,6,13H,3,5,7-10H2,(H2,18,21)(H,19,22)/t13-,17-/m0/s1. The van der Waals surface area contributed by atoms with Gasteiger partial charge in [-0.3, -0.25) is 4.79 Å². The summed E-state index contributed by atoms with van der Waals surface area (Å²) in [5.41, 5.74) is 8.28. The van der Waals surface area contributed by atoms with Crippen LogP contribution in [0.1, 0.15) is 36.3 Å². The summed E-state index contributed by atoms with van der Waals surface area (Å²) >= 11 is 0. The average Bonchev–Trinajstić information content (AvgIpc) is 3.12. The Morgan fingerprint density at radius 2 is 2.30 bits per heavy atom. The normalized spacial score (nSPS) is 25.1. The van der Waals surface area contributed by atoms with Crippen LogP contribution in [0, 0.1) is 5.92 Å². The van der Waals surface area contributed by atoms with Crippen LogP contribution in [0.25, 0.3) is 0 Å². The molecule has 1 heterocycles. The van der Waals surface area contributed by atoms with Gasteiger partial charge in [-0.25, -0.2) is 0 Å². The lowest BCUT2D eigenvalue weighted by molar-refractivity contribution is -0.122. The van der Waals surface area contributed by atoms with Gasteiger partial charge < -0.3 is 15.6 Å². The van der Waals surface area contributed by atoms with E-state index in [0.29, 0.717) is 18.9 Å². The lowest BCUT2D eigenvalue weighted by Gasteiger charge is -2.26. The summed E-state index contributed by atoms with van der Waals surface area (Å²) in [5.74, 6) is 0.813. The van der Waals surface area contributed by atoms with Gasteiger partial charge in [0.25, 0.3) is 5.95 Å². The number of aromatic nitrogens is 2. The third-order valence-electron chi connectivity index (χ3n) is 5.14. The fourth-order valence-corrected chi connectivity index (χ4v) is 3.96. The maximum absolute atomic E-state index is 12.5. The number of anilines is 1. The molecule has 6 nitrogen and oxygen atoms in total. The van der Waals surface area contributed by atoms with E-state index in [9.17, 15) is 4.79 Å². The molecule has 2 atom stereocenters. The number of aryl methyl sites for hydroxylation is 1. The van der Waals surface area contributed by atoms with Gasteiger partial charge in [0.05, 0.1) is 0 Å². The highest BCUT2D eigenvalue weighted by atomic mass is 16.5. The van der Waals surface area contributed by atoms with Gasteiger partial charge in [0.1, 0.15) is 0 Å². The SMILES string of the molecule is Nc1noc(CCNC(=O)[C@@H]2C[C@]23CCCc2ccccc23)n1. The van der Waals surface area contributed by atoms with E-state index >= 15 is 0 Å². The van der Waals surface area contributed by atoms with Gasteiger partial charge in [0.2, 0.25) is 11.8 Å². The Hall–Kier alpha value is -2.37. The van der Waals surface area contributed by atoms with Crippen LogP contribution in [0.15, 0.2) is 28.8 Å². The highest BCUT2D eigenvalue weighted by molar-refractivity contribution is 5.84. The summed E-state index contributed by atoms with van der Waals surface area (Å²) in [5, 5.41) is 6.53. The molecule has 1 saturated carbocycles. The molecule has 6 heteroatoms. The number of hydrogen-bond acceptors (Lipinski definition) is 5. The van der Waals surface area contributed by atoms with Gasteiger partial charge in [-0.2, -0.15) is 4.98 Å². The zero-order valence-electron chi connectivity index (χ0n) is 12.9. The van der Waals surface area contributed by atoms with E-state index in [1.165, 1.54) is 17.5 Å². The number of hydrogen-bond donors (Lipinski definition) is 2. The molecule has 1 aromatic carbocycles. The number of carbonyl (C=O) groups is 1. The topological polar surface area (TPSA) is 94.0 Å². The number of fused-ring (bicyclic) bond motifs is 2. The summed E-state index contributed by atoms with van der Waals surface area (Å²) < 4.78 is 4.94. The number of nitrogens with one attached hydrogen (secondary N) is 1. The third kappa shape index (κ3) is 2.48. The van der Waals surface area contributed by atoms with Crippen LogP contribution in [-0.4, -0.2) is 22.6 Å². The number of carbonyl (C=O) groups excluding carboxylic acids is 1. The van der Waals surface area contributed by atoms with E-state index in [4.69, 9.17) is 10.3 Å². The molecule has 0 saturated heterocycles. The van der Waals surface area contributed by atoms with E-state index in [0.717, 1.165) is 19.3 Å². The van der Waals surface area contributed by atoms with Gasteiger partial charge in [-0.15, -0.1) is 0 Å². The second-order valence-corrected chi connectivity index (χ2v) is 6.51. The van der Waals surface area contributed by atoms with Gasteiger partial charge in [0.15, 0.2) is 0 Å². The van der Waals surface area contributed by atoms with Crippen molar-refractivity contribution in [3.05, 3.63) is 41.3 Å². The van der Waals surface area contributed by atoms with Crippen LogP contribution in [-0.2, 0) is 23.1 Å². The summed E-state index contributed by atoms with van der Waals surface area (Å²) in [6, 6.07) is 8.57. The quantitative estimate of drug-likeness (QED) is 0.894. The summed E-state index contributed by atoms with van der Waals surface area (Å²) in [4.78, 5) is 16.4. The number of rotatable bonds is 4. The Labute approximate surface area is 134 Å². The number of nitrogen functional groups attached to an aromatic ring is 1. The highest BCUT2D eigenvalue weighted by Crippen LogP contribution is 2.60. The van der Waals surface area contributed by atoms with Crippen molar-refractivity contribution in [1.29, 1.82) is 0 Å². The van der Waals surface area contributed by atoms with Crippen LogP contribution in [0.4, 0.5) is 5.95 Å². The first kappa shape index (κ1) is 14.2. The smallest absolute Gasteiger partial charge is 0.260 e. The summed E-state index contributed by atoms with van der Waals surface area (Å²) in [6.07, 6.45) is 4.88. The van der Waals surface area contributed by atoms with Crippen molar-refractivity contribution in [2.45, 2.75) is 37.5 Å². The minimum atomic E-state index is 0.0772. The zero-order chi connectivity index (χ0) is 15.9. The van der Waals surface area contributed by atoms with Crippen molar-refractivity contribution in [3.8, 4) is 0 Å². The maximum atomic E-state index is 12.5. The van der Waals surface area contributed by atoms with Crippen molar-refractivity contribution in [2.75, 3.05) is 12.3 Å². The molecule has 1 fully saturated rings. The highest BCUT2D eigenvalue weighted by Gasteiger charge is 2.59. The first-order chi connectivity index (χ1) is 11.2. The molecule has 1 amide bonds. The molecule has 4 rings (SSSR count). The fourth-order valence-electron chi connectivity index (χ4n) is 3.96. The van der Waals surface area contributed by atoms with Crippen molar-refractivity contribution in [1.82, 2.24) is 15.5 Å². The van der Waals surface area contributed by atoms with E-state index in [1.54, 1.807) is 0 Å². The van der Waals surface area contributed by atoms with Crippen molar-refractivity contribution in [3.63, 3.8) is 0 Å². The Bertz CT molecular complexity index is 742. The van der Waals surface area contributed by atoms with Crippen LogP contribution < -0.4 is 11.1 Å². The largest absolute Gasteiger partial charge is 0.365 e. The molecule has 2 aliphatic carbocycles. The Balaban J connectivity index is 1.38. The Kier molecular flexibility index (Phi) is 3.32. The zero-order valence-corrected chi connectivity index (χ0v) is 12.9. The first-order valence-electron chi connectivity index (χ1n) is 8.13. The minimum Gasteiger partial charge on any atom is -0.365 e. The second-order valence-electron chi connectivity index (χ2n) is 6.51. The Morgan fingerprint density at radius 1 is 1.43 bits per heavy atom. The third-order valence-corrected chi connectivity index (χ3v) is 5.14. The van der Waals surface area contributed by atoms with Crippen LogP contribution in [0.3, 0.4) is 0 Å². The van der Waals surface area contributed by atoms with Crippen LogP contribution >= 0.6 is 0 Å². The molecule has 1 aromatic heterocycles. The molecule has 2 aliphatic rings. The van der Waals surface area contributed by atoms with Gasteiger partial charge >= 0.3 is 0 Å². The van der Waals surface area contributed by atoms with Gasteiger partial charge in [0, 0.05) is 24.3 Å². The van der Waals surface area contributed by atoms with Gasteiger partial charge in [-0.05, 0) is 42.0 Å². The van der Waals surface area contributed by atoms with E-state index in [1.807, 2.05) is 0 Å². The van der Waals surface area contributed by atoms with Gasteiger partial charge in [-0.1, -0.05) is 24.3 Å². The van der Waals surface area contributed by atoms with Crippen molar-refractivity contribution < 1.29 is 9.32 Å². The fraction of sp³-hybridized carbons (Fsp3) is 0.471. The van der Waals surface area contributed by atoms with E-state index in [-0.39, 0.29) is 23.2 Å². The number of nitrogens with zero attached hydrogens (tertiary/aromatic N) is 2. The number of nitrogens with two attached hydrogens (primary N) is 1. The lowest BCUT2D eigenvalue weighted by Crippen LogP contribution is -2.31. The molecule has 3 N–H and O–H groups in total. The predicted molar refractivity (Wildman–Crippen MR) is 84.6 cm³/mol. The molecule has 1 spiro atoms. The molecule has 0 radical (unpaired) electrons. The Morgan fingerprint density at radius 3 is 3.13 bits per heavy atom. The summed E-state index contributed by atoms with van der Waals surface area (Å²) in [6.45, 7) is 0.495. The molecule has 120 valence electrons. The monoisotopic (exact) mass is 312 g/mol.